The summed E-state index contributed by atoms with van der Waals surface area (Å²) < 4.78 is 125. The SMILES string of the molecule is C#Cc1c(F)ccc2cc(O)cc(-c3nc4c5c(nc(OC[C@@]67CCCN6[C@H](COC(C)(C(F)(F)F)C(F)(F)F)CC7)nc5c3F)N3CCN[C@@H](CC)[C@H]3CC4)c12. The standard InChI is InChI=1S/C40H40F8N6O3/c1-4-24-26(41)8-7-21-17-23(55)18-25(30(21)24)33-32(42)34-31-28(50-33)9-10-29-27(5-2)49-14-16-53(29)35(31)52-36(51-34)56-20-38-12-6-15-54(38)22(11-13-38)19-57-37(3,39(43,44)45)40(46,47)48/h1,7-8,17-18,22,27,29,49,55H,5-6,9-16,19-20H2,2-3H3/t22-,27-,29+,38-/m0/s1. The monoisotopic (exact) mass is 804 g/mol. The summed E-state index contributed by atoms with van der Waals surface area (Å²) in [6, 6.07) is 4.38. The molecule has 57 heavy (non-hydrogen) atoms. The zero-order valence-corrected chi connectivity index (χ0v) is 31.1. The number of aromatic hydroxyl groups is 1. The van der Waals surface area contributed by atoms with Crippen molar-refractivity contribution in [2.75, 3.05) is 37.7 Å². The van der Waals surface area contributed by atoms with Crippen molar-refractivity contribution in [2.24, 2.45) is 0 Å². The number of hydrogen-bond acceptors (Lipinski definition) is 9. The highest BCUT2D eigenvalue weighted by Gasteiger charge is 2.69. The highest BCUT2D eigenvalue weighted by Crippen LogP contribution is 2.48. The lowest BCUT2D eigenvalue weighted by molar-refractivity contribution is -0.375. The van der Waals surface area contributed by atoms with E-state index in [2.05, 4.69) is 32.8 Å². The first-order chi connectivity index (χ1) is 27.0. The number of terminal acetylenes is 1. The minimum absolute atomic E-state index is 0.000467. The van der Waals surface area contributed by atoms with Gasteiger partial charge in [0.25, 0.3) is 5.60 Å². The number of nitrogens with one attached hydrogen (secondary N) is 1. The van der Waals surface area contributed by atoms with Gasteiger partial charge in [0, 0.05) is 42.2 Å². The summed E-state index contributed by atoms with van der Waals surface area (Å²) in [6.45, 7) is 2.76. The third-order valence-corrected chi connectivity index (χ3v) is 12.4. The second-order valence-electron chi connectivity index (χ2n) is 15.5. The van der Waals surface area contributed by atoms with Gasteiger partial charge in [-0.1, -0.05) is 18.9 Å². The Kier molecular flexibility index (Phi) is 9.71. The van der Waals surface area contributed by atoms with Crippen molar-refractivity contribution in [3.05, 3.63) is 47.2 Å². The summed E-state index contributed by atoms with van der Waals surface area (Å²) in [7, 11) is 0. The topological polar surface area (TPSA) is 95.9 Å². The second-order valence-corrected chi connectivity index (χ2v) is 15.5. The van der Waals surface area contributed by atoms with E-state index >= 15 is 8.78 Å². The molecule has 0 aliphatic carbocycles. The molecule has 4 aliphatic heterocycles. The number of rotatable bonds is 8. The van der Waals surface area contributed by atoms with Gasteiger partial charge in [-0.05, 0) is 82.0 Å². The van der Waals surface area contributed by atoms with E-state index in [1.54, 1.807) is 0 Å². The fourth-order valence-corrected chi connectivity index (χ4v) is 9.38. The predicted octanol–water partition coefficient (Wildman–Crippen LogP) is 7.59. The molecule has 0 spiro atoms. The van der Waals surface area contributed by atoms with Gasteiger partial charge in [-0.2, -0.15) is 36.3 Å². The number of halogens is 8. The lowest BCUT2D eigenvalue weighted by atomic mass is 9.95. The zero-order valence-electron chi connectivity index (χ0n) is 31.1. The summed E-state index contributed by atoms with van der Waals surface area (Å²) in [6.07, 6.45) is -1.96. The van der Waals surface area contributed by atoms with Gasteiger partial charge in [-0.15, -0.1) is 6.42 Å². The molecule has 8 rings (SSSR count). The average molecular weight is 805 g/mol. The number of alkyl halides is 6. The molecule has 4 aromatic rings. The van der Waals surface area contributed by atoms with Gasteiger partial charge in [-0.3, -0.25) is 4.90 Å². The number of benzene rings is 2. The normalized spacial score (nSPS) is 24.1. The Labute approximate surface area is 322 Å². The molecule has 0 amide bonds. The first kappa shape index (κ1) is 39.3. The van der Waals surface area contributed by atoms with E-state index in [1.165, 1.54) is 24.3 Å². The van der Waals surface area contributed by atoms with E-state index in [-0.39, 0.29) is 71.5 Å². The Hall–Kier alpha value is -4.53. The fourth-order valence-electron chi connectivity index (χ4n) is 9.38. The molecule has 0 saturated carbocycles. The zero-order chi connectivity index (χ0) is 40.7. The molecular formula is C40H40F8N6O3. The van der Waals surface area contributed by atoms with Gasteiger partial charge in [0.2, 0.25) is 0 Å². The van der Waals surface area contributed by atoms with Crippen LogP contribution in [0.1, 0.15) is 63.6 Å². The van der Waals surface area contributed by atoms with Gasteiger partial charge in [0.1, 0.15) is 35.2 Å². The minimum atomic E-state index is -5.68. The largest absolute Gasteiger partial charge is 0.508 e. The number of aromatic nitrogens is 3. The van der Waals surface area contributed by atoms with Crippen LogP contribution < -0.4 is 15.0 Å². The molecule has 9 nitrogen and oxygen atoms in total. The van der Waals surface area contributed by atoms with Crippen LogP contribution in [-0.2, 0) is 11.2 Å². The van der Waals surface area contributed by atoms with Crippen molar-refractivity contribution < 1.29 is 49.7 Å². The van der Waals surface area contributed by atoms with E-state index < -0.39 is 47.8 Å². The highest BCUT2D eigenvalue weighted by molar-refractivity contribution is 6.03. The summed E-state index contributed by atoms with van der Waals surface area (Å²) in [5, 5.41) is 15.2. The minimum Gasteiger partial charge on any atom is -0.508 e. The average Bonchev–Trinajstić information content (AvgIpc) is 3.69. The molecule has 6 heterocycles. The quantitative estimate of drug-likeness (QED) is 0.138. The first-order valence-corrected chi connectivity index (χ1v) is 19.0. The molecule has 3 saturated heterocycles. The summed E-state index contributed by atoms with van der Waals surface area (Å²) in [5.41, 5.74) is -4.99. The maximum atomic E-state index is 17.3. The summed E-state index contributed by atoms with van der Waals surface area (Å²) in [4.78, 5) is 18.2. The van der Waals surface area contributed by atoms with Gasteiger partial charge in [0.05, 0.1) is 28.8 Å². The number of anilines is 1. The van der Waals surface area contributed by atoms with Crippen molar-refractivity contribution in [1.29, 1.82) is 0 Å². The Balaban J connectivity index is 1.19. The Morgan fingerprint density at radius 2 is 1.79 bits per heavy atom. The van der Waals surface area contributed by atoms with Gasteiger partial charge < -0.3 is 24.8 Å². The number of fused-ring (bicyclic) bond motifs is 4. The molecule has 17 heteroatoms. The Bertz CT molecular complexity index is 2270. The molecule has 2 aromatic carbocycles. The smallest absolute Gasteiger partial charge is 0.426 e. The van der Waals surface area contributed by atoms with Crippen LogP contribution in [0.15, 0.2) is 24.3 Å². The summed E-state index contributed by atoms with van der Waals surface area (Å²) >= 11 is 0. The molecule has 0 bridgehead atoms. The van der Waals surface area contributed by atoms with E-state index in [1.807, 2.05) is 4.90 Å². The van der Waals surface area contributed by atoms with Crippen LogP contribution in [-0.4, -0.2) is 99.4 Å². The van der Waals surface area contributed by atoms with Crippen molar-refractivity contribution in [3.8, 4) is 35.4 Å². The molecule has 3 fully saturated rings. The Morgan fingerprint density at radius 1 is 1.02 bits per heavy atom. The van der Waals surface area contributed by atoms with Crippen LogP contribution in [0.4, 0.5) is 40.9 Å². The first-order valence-electron chi connectivity index (χ1n) is 19.0. The van der Waals surface area contributed by atoms with Gasteiger partial charge >= 0.3 is 18.4 Å². The molecule has 2 aromatic heterocycles. The van der Waals surface area contributed by atoms with Crippen LogP contribution in [0.25, 0.3) is 32.9 Å². The number of phenolic OH excluding ortho intramolecular Hbond substituents is 1. The van der Waals surface area contributed by atoms with Crippen LogP contribution >= 0.6 is 0 Å². The Morgan fingerprint density at radius 3 is 2.51 bits per heavy atom. The maximum Gasteiger partial charge on any atom is 0.426 e. The highest BCUT2D eigenvalue weighted by atomic mass is 19.4. The second kappa shape index (κ2) is 14.1. The third-order valence-electron chi connectivity index (χ3n) is 12.4. The number of aryl methyl sites for hydroxylation is 1. The lowest BCUT2D eigenvalue weighted by Gasteiger charge is -2.42. The van der Waals surface area contributed by atoms with Crippen molar-refractivity contribution in [2.45, 2.75) is 100 Å². The molecule has 0 unspecified atom stereocenters. The molecule has 304 valence electrons. The van der Waals surface area contributed by atoms with Crippen LogP contribution in [0.5, 0.6) is 11.8 Å². The molecule has 0 radical (unpaired) electrons. The number of phenols is 1. The van der Waals surface area contributed by atoms with E-state index in [4.69, 9.17) is 21.1 Å². The number of nitrogens with zero attached hydrogens (tertiary/aromatic N) is 5. The fraction of sp³-hybridized carbons (Fsp3) is 0.525. The number of pyridine rings is 1. The molecular weight excluding hydrogens is 764 g/mol. The predicted molar refractivity (Wildman–Crippen MR) is 195 cm³/mol. The molecule has 4 aliphatic rings. The number of hydrogen-bond donors (Lipinski definition) is 2. The van der Waals surface area contributed by atoms with Crippen molar-refractivity contribution in [1.82, 2.24) is 25.2 Å². The number of ether oxygens (including phenoxy) is 2. The van der Waals surface area contributed by atoms with E-state index in [0.29, 0.717) is 74.0 Å². The van der Waals surface area contributed by atoms with Crippen LogP contribution in [0.3, 0.4) is 0 Å². The van der Waals surface area contributed by atoms with Crippen molar-refractivity contribution >= 4 is 27.5 Å². The number of piperazine rings is 1. The maximum absolute atomic E-state index is 17.3. The summed E-state index contributed by atoms with van der Waals surface area (Å²) in [5.74, 6) is 0.965. The van der Waals surface area contributed by atoms with E-state index in [9.17, 15) is 31.4 Å². The molecule has 2 N–H and O–H groups in total. The van der Waals surface area contributed by atoms with Gasteiger partial charge in [0.15, 0.2) is 5.82 Å². The third kappa shape index (κ3) is 6.38. The molecule has 4 atom stereocenters. The van der Waals surface area contributed by atoms with Crippen LogP contribution in [0, 0.1) is 24.0 Å². The van der Waals surface area contributed by atoms with Crippen LogP contribution in [0.2, 0.25) is 0 Å². The van der Waals surface area contributed by atoms with Gasteiger partial charge in [-0.25, -0.2) is 13.8 Å². The lowest BCUT2D eigenvalue weighted by Crippen LogP contribution is -2.58. The van der Waals surface area contributed by atoms with Crippen molar-refractivity contribution in [3.63, 3.8) is 0 Å². The van der Waals surface area contributed by atoms with E-state index in [0.717, 1.165) is 6.42 Å².